The second-order valence-corrected chi connectivity index (χ2v) is 13.5. The SMILES string of the molecule is c1ccc(-c2nc(-c3ccccc3)nc(-c3ccc4c5c(ccc4c3)-c3cc4ccccc4cc3C53c4ccccc4-c4ccccc43)n2)cc1. The molecule has 1 spiro atoms. The summed E-state index contributed by atoms with van der Waals surface area (Å²) in [6.45, 7) is 0. The Bertz CT molecular complexity index is 2750. The molecule has 1 heterocycles. The number of rotatable bonds is 3. The van der Waals surface area contributed by atoms with Crippen molar-refractivity contribution < 1.29 is 0 Å². The second-order valence-electron chi connectivity index (χ2n) is 13.5. The van der Waals surface area contributed by atoms with Crippen molar-refractivity contribution in [3.05, 3.63) is 198 Å². The minimum atomic E-state index is -0.447. The first kappa shape index (κ1) is 28.2. The summed E-state index contributed by atoms with van der Waals surface area (Å²) >= 11 is 0. The number of benzene rings is 8. The van der Waals surface area contributed by atoms with Gasteiger partial charge in [-0.2, -0.15) is 0 Å². The third kappa shape index (κ3) is 3.97. The molecule has 0 aliphatic heterocycles. The highest BCUT2D eigenvalue weighted by Gasteiger charge is 2.52. The predicted molar refractivity (Wildman–Crippen MR) is 207 cm³/mol. The lowest BCUT2D eigenvalue weighted by molar-refractivity contribution is 0.802. The van der Waals surface area contributed by atoms with Gasteiger partial charge in [-0.05, 0) is 84.3 Å². The van der Waals surface area contributed by atoms with Gasteiger partial charge in [0.1, 0.15) is 0 Å². The Hall–Kier alpha value is -6.71. The Morgan fingerprint density at radius 2 is 0.843 bits per heavy atom. The number of nitrogens with zero attached hydrogens (tertiary/aromatic N) is 3. The smallest absolute Gasteiger partial charge is 0.164 e. The third-order valence-electron chi connectivity index (χ3n) is 10.9. The molecule has 0 unspecified atom stereocenters. The van der Waals surface area contributed by atoms with Gasteiger partial charge in [-0.3, -0.25) is 0 Å². The molecule has 0 amide bonds. The zero-order chi connectivity index (χ0) is 33.5. The molecule has 3 nitrogen and oxygen atoms in total. The van der Waals surface area contributed by atoms with Gasteiger partial charge in [0.15, 0.2) is 17.5 Å². The molecule has 1 aromatic heterocycles. The maximum Gasteiger partial charge on any atom is 0.164 e. The van der Waals surface area contributed by atoms with E-state index in [4.69, 9.17) is 15.0 Å². The Morgan fingerprint density at radius 3 is 1.47 bits per heavy atom. The van der Waals surface area contributed by atoms with Crippen LogP contribution >= 0.6 is 0 Å². The quantitative estimate of drug-likeness (QED) is 0.192. The largest absolute Gasteiger partial charge is 0.208 e. The van der Waals surface area contributed by atoms with Crippen LogP contribution in [0.1, 0.15) is 22.3 Å². The minimum Gasteiger partial charge on any atom is -0.208 e. The van der Waals surface area contributed by atoms with Crippen LogP contribution in [0.5, 0.6) is 0 Å². The fraction of sp³-hybridized carbons (Fsp3) is 0.0208. The average molecular weight is 648 g/mol. The van der Waals surface area contributed by atoms with Crippen molar-refractivity contribution in [2.45, 2.75) is 5.41 Å². The van der Waals surface area contributed by atoms with Crippen molar-refractivity contribution in [2.24, 2.45) is 0 Å². The van der Waals surface area contributed by atoms with Crippen molar-refractivity contribution in [3.63, 3.8) is 0 Å². The van der Waals surface area contributed by atoms with Gasteiger partial charge in [0.2, 0.25) is 0 Å². The van der Waals surface area contributed by atoms with Crippen LogP contribution in [0.15, 0.2) is 176 Å². The summed E-state index contributed by atoms with van der Waals surface area (Å²) in [5.41, 5.74) is 13.0. The van der Waals surface area contributed by atoms with E-state index in [2.05, 4.69) is 140 Å². The van der Waals surface area contributed by atoms with Crippen LogP contribution in [0, 0.1) is 0 Å². The molecule has 2 aliphatic carbocycles. The lowest BCUT2D eigenvalue weighted by atomic mass is 9.69. The van der Waals surface area contributed by atoms with Crippen LogP contribution in [-0.2, 0) is 5.41 Å². The normalized spacial score (nSPS) is 13.3. The Kier molecular flexibility index (Phi) is 5.88. The number of hydrogen-bond donors (Lipinski definition) is 0. The lowest BCUT2D eigenvalue weighted by Gasteiger charge is -2.31. The number of hydrogen-bond acceptors (Lipinski definition) is 3. The van der Waals surface area contributed by atoms with E-state index < -0.39 is 5.41 Å². The topological polar surface area (TPSA) is 38.7 Å². The lowest BCUT2D eigenvalue weighted by Crippen LogP contribution is -2.26. The maximum atomic E-state index is 5.05. The molecule has 0 saturated carbocycles. The third-order valence-corrected chi connectivity index (χ3v) is 10.9. The molecule has 9 aromatic rings. The zero-order valence-electron chi connectivity index (χ0n) is 27.6. The molecule has 236 valence electrons. The summed E-state index contributed by atoms with van der Waals surface area (Å²) in [5, 5.41) is 4.92. The first-order valence-corrected chi connectivity index (χ1v) is 17.4. The monoisotopic (exact) mass is 647 g/mol. The number of fused-ring (bicyclic) bond motifs is 13. The molecule has 51 heavy (non-hydrogen) atoms. The van der Waals surface area contributed by atoms with E-state index in [1.165, 1.54) is 60.7 Å². The number of aromatic nitrogens is 3. The Labute approximate surface area is 295 Å². The molecule has 0 saturated heterocycles. The van der Waals surface area contributed by atoms with Gasteiger partial charge in [-0.1, -0.05) is 158 Å². The van der Waals surface area contributed by atoms with E-state index in [1.54, 1.807) is 0 Å². The molecule has 11 rings (SSSR count). The molecule has 0 fully saturated rings. The summed E-state index contributed by atoms with van der Waals surface area (Å²) in [6, 6.07) is 63.3. The van der Waals surface area contributed by atoms with Crippen molar-refractivity contribution in [3.8, 4) is 56.4 Å². The highest BCUT2D eigenvalue weighted by molar-refractivity contribution is 6.06. The standard InChI is InChI=1S/C48H29N3/c1-3-13-30(14-4-1)45-49-46(31-15-5-2-6-16-31)51-47(50-45)35-24-25-36-34(27-35)23-26-39-40-28-32-17-7-8-18-33(32)29-43(40)48(44(36)39)41-21-11-9-19-37(41)38-20-10-12-22-42(38)48/h1-29H. The van der Waals surface area contributed by atoms with E-state index in [1.807, 2.05) is 36.4 Å². The fourth-order valence-electron chi connectivity index (χ4n) is 8.74. The van der Waals surface area contributed by atoms with Crippen LogP contribution in [0.25, 0.3) is 78.0 Å². The predicted octanol–water partition coefficient (Wildman–Crippen LogP) is 11.5. The van der Waals surface area contributed by atoms with Crippen LogP contribution in [0.3, 0.4) is 0 Å². The summed E-state index contributed by atoms with van der Waals surface area (Å²) in [4.78, 5) is 15.0. The molecule has 0 bridgehead atoms. The van der Waals surface area contributed by atoms with Gasteiger partial charge in [-0.25, -0.2) is 15.0 Å². The molecule has 0 atom stereocenters. The Balaban J connectivity index is 1.19. The van der Waals surface area contributed by atoms with E-state index in [0.717, 1.165) is 22.1 Å². The van der Waals surface area contributed by atoms with Gasteiger partial charge >= 0.3 is 0 Å². The summed E-state index contributed by atoms with van der Waals surface area (Å²) in [5.74, 6) is 1.98. The maximum absolute atomic E-state index is 5.05. The molecule has 8 aromatic carbocycles. The van der Waals surface area contributed by atoms with Crippen molar-refractivity contribution in [1.82, 2.24) is 15.0 Å². The van der Waals surface area contributed by atoms with Gasteiger partial charge in [-0.15, -0.1) is 0 Å². The molecule has 3 heteroatoms. The molecule has 2 aliphatic rings. The van der Waals surface area contributed by atoms with Crippen molar-refractivity contribution >= 4 is 21.5 Å². The molecule has 0 N–H and O–H groups in total. The van der Waals surface area contributed by atoms with E-state index >= 15 is 0 Å². The van der Waals surface area contributed by atoms with Gasteiger partial charge in [0.05, 0.1) is 5.41 Å². The highest BCUT2D eigenvalue weighted by Crippen LogP contribution is 2.64. The van der Waals surface area contributed by atoms with E-state index in [-0.39, 0.29) is 0 Å². The van der Waals surface area contributed by atoms with Crippen LogP contribution < -0.4 is 0 Å². The van der Waals surface area contributed by atoms with Crippen LogP contribution in [-0.4, -0.2) is 15.0 Å². The van der Waals surface area contributed by atoms with Gasteiger partial charge < -0.3 is 0 Å². The summed E-state index contributed by atoms with van der Waals surface area (Å²) < 4.78 is 0. The summed E-state index contributed by atoms with van der Waals surface area (Å²) in [7, 11) is 0. The molecular weight excluding hydrogens is 619 g/mol. The first-order valence-electron chi connectivity index (χ1n) is 17.4. The van der Waals surface area contributed by atoms with Gasteiger partial charge in [0.25, 0.3) is 0 Å². The zero-order valence-corrected chi connectivity index (χ0v) is 27.6. The van der Waals surface area contributed by atoms with Gasteiger partial charge in [0, 0.05) is 16.7 Å². The van der Waals surface area contributed by atoms with Crippen LogP contribution in [0.2, 0.25) is 0 Å². The van der Waals surface area contributed by atoms with E-state index in [0.29, 0.717) is 17.5 Å². The molecular formula is C48H29N3. The fourth-order valence-corrected chi connectivity index (χ4v) is 8.74. The summed E-state index contributed by atoms with van der Waals surface area (Å²) in [6.07, 6.45) is 0. The van der Waals surface area contributed by atoms with Crippen LogP contribution in [0.4, 0.5) is 0 Å². The van der Waals surface area contributed by atoms with Crippen molar-refractivity contribution in [2.75, 3.05) is 0 Å². The van der Waals surface area contributed by atoms with E-state index in [9.17, 15) is 0 Å². The highest BCUT2D eigenvalue weighted by atomic mass is 15.0. The first-order chi connectivity index (χ1) is 25.3. The Morgan fingerprint density at radius 1 is 0.314 bits per heavy atom. The minimum absolute atomic E-state index is 0.447. The van der Waals surface area contributed by atoms with Crippen molar-refractivity contribution in [1.29, 1.82) is 0 Å². The second kappa shape index (κ2) is 10.6. The molecule has 0 radical (unpaired) electrons. The average Bonchev–Trinajstić information content (AvgIpc) is 3.67.